The molecule has 2 bridgehead atoms. The number of benzene rings is 1. The second kappa shape index (κ2) is 6.16. The summed E-state index contributed by atoms with van der Waals surface area (Å²) in [6.07, 6.45) is 6.53. The first-order valence-electron chi connectivity index (χ1n) is 7.75. The molecule has 22 heavy (non-hydrogen) atoms. The maximum Gasteiger partial charge on any atom is 0.175 e. The molecule has 0 aliphatic heterocycles. The van der Waals surface area contributed by atoms with Gasteiger partial charge in [0, 0.05) is 18.8 Å². The number of thiocarbonyl (C=S) groups is 1. The van der Waals surface area contributed by atoms with E-state index in [1.807, 2.05) is 12.1 Å². The third kappa shape index (κ3) is 3.60. The Morgan fingerprint density at radius 2 is 1.95 bits per heavy atom. The third-order valence-corrected chi connectivity index (χ3v) is 6.25. The second-order valence-corrected chi connectivity index (χ2v) is 8.95. The van der Waals surface area contributed by atoms with Crippen molar-refractivity contribution in [1.29, 1.82) is 0 Å². The van der Waals surface area contributed by atoms with Gasteiger partial charge in [0.25, 0.3) is 0 Å². The Bertz CT molecular complexity index is 655. The fourth-order valence-electron chi connectivity index (χ4n) is 3.68. The Morgan fingerprint density at radius 1 is 1.23 bits per heavy atom. The van der Waals surface area contributed by atoms with Gasteiger partial charge in [0.05, 0.1) is 4.90 Å². The van der Waals surface area contributed by atoms with Crippen LogP contribution < -0.4 is 10.6 Å². The van der Waals surface area contributed by atoms with E-state index < -0.39 is 9.84 Å². The van der Waals surface area contributed by atoms with Crippen LogP contribution in [-0.4, -0.2) is 25.8 Å². The Kier molecular flexibility index (Phi) is 4.41. The molecule has 1 aromatic carbocycles. The average molecular weight is 338 g/mol. The van der Waals surface area contributed by atoms with E-state index in [4.69, 9.17) is 12.2 Å². The number of fused-ring (bicyclic) bond motifs is 2. The van der Waals surface area contributed by atoms with Crippen LogP contribution in [0.2, 0.25) is 0 Å². The number of rotatable bonds is 4. The van der Waals surface area contributed by atoms with Crippen molar-refractivity contribution >= 4 is 27.2 Å². The molecule has 0 unspecified atom stereocenters. The van der Waals surface area contributed by atoms with E-state index in [9.17, 15) is 8.42 Å². The summed E-state index contributed by atoms with van der Waals surface area (Å²) in [7, 11) is -3.13. The summed E-state index contributed by atoms with van der Waals surface area (Å²) >= 11 is 5.37. The first-order chi connectivity index (χ1) is 10.4. The van der Waals surface area contributed by atoms with Crippen LogP contribution in [0.1, 0.15) is 31.2 Å². The van der Waals surface area contributed by atoms with Crippen molar-refractivity contribution in [3.8, 4) is 0 Å². The largest absolute Gasteiger partial charge is 0.360 e. The first-order valence-corrected chi connectivity index (χ1v) is 10.0. The molecular weight excluding hydrogens is 316 g/mol. The molecule has 2 N–H and O–H groups in total. The molecule has 0 spiro atoms. The first kappa shape index (κ1) is 15.7. The second-order valence-electron chi connectivity index (χ2n) is 6.52. The summed E-state index contributed by atoms with van der Waals surface area (Å²) in [6.45, 7) is 0.608. The molecule has 0 amide bonds. The molecule has 120 valence electrons. The highest BCUT2D eigenvalue weighted by molar-refractivity contribution is 7.90. The SMILES string of the molecule is CS(=O)(=O)c1ccc(CNC(=S)N[C@@H]2C[C@H]3CC[C@H]2C3)cc1. The van der Waals surface area contributed by atoms with E-state index in [2.05, 4.69) is 10.6 Å². The van der Waals surface area contributed by atoms with Gasteiger partial charge in [-0.05, 0) is 61.0 Å². The minimum absolute atomic E-state index is 0.346. The predicted octanol–water partition coefficient (Wildman–Crippen LogP) is 2.24. The van der Waals surface area contributed by atoms with Gasteiger partial charge in [0.1, 0.15) is 0 Å². The summed E-state index contributed by atoms with van der Waals surface area (Å²) in [5.41, 5.74) is 1.02. The highest BCUT2D eigenvalue weighted by atomic mass is 32.2. The van der Waals surface area contributed by atoms with Crippen molar-refractivity contribution in [2.45, 2.75) is 43.2 Å². The molecule has 3 atom stereocenters. The lowest BCUT2D eigenvalue weighted by Gasteiger charge is -2.24. The van der Waals surface area contributed by atoms with Crippen molar-refractivity contribution in [1.82, 2.24) is 10.6 Å². The van der Waals surface area contributed by atoms with Crippen LogP contribution in [-0.2, 0) is 16.4 Å². The van der Waals surface area contributed by atoms with Crippen LogP contribution in [0.25, 0.3) is 0 Å². The number of nitrogens with one attached hydrogen (secondary N) is 2. The van der Waals surface area contributed by atoms with Gasteiger partial charge >= 0.3 is 0 Å². The van der Waals surface area contributed by atoms with Crippen LogP contribution in [0.3, 0.4) is 0 Å². The van der Waals surface area contributed by atoms with E-state index in [0.717, 1.165) is 17.4 Å². The number of hydrogen-bond acceptors (Lipinski definition) is 3. The molecule has 2 fully saturated rings. The van der Waals surface area contributed by atoms with Gasteiger partial charge < -0.3 is 10.6 Å². The smallest absolute Gasteiger partial charge is 0.175 e. The molecule has 2 saturated carbocycles. The van der Waals surface area contributed by atoms with Crippen molar-refractivity contribution in [3.63, 3.8) is 0 Å². The average Bonchev–Trinajstić information content (AvgIpc) is 3.07. The number of sulfone groups is 1. The summed E-state index contributed by atoms with van der Waals surface area (Å²) in [6, 6.07) is 7.45. The van der Waals surface area contributed by atoms with E-state index >= 15 is 0 Å². The van der Waals surface area contributed by atoms with Crippen LogP contribution in [0.4, 0.5) is 0 Å². The maximum atomic E-state index is 11.4. The van der Waals surface area contributed by atoms with Gasteiger partial charge in [0.2, 0.25) is 0 Å². The van der Waals surface area contributed by atoms with Crippen molar-refractivity contribution < 1.29 is 8.42 Å². The molecule has 0 heterocycles. The number of hydrogen-bond donors (Lipinski definition) is 2. The zero-order valence-electron chi connectivity index (χ0n) is 12.7. The Labute approximate surface area is 137 Å². The summed E-state index contributed by atoms with van der Waals surface area (Å²) in [4.78, 5) is 0.346. The van der Waals surface area contributed by atoms with Gasteiger partial charge in [-0.3, -0.25) is 0 Å². The highest BCUT2D eigenvalue weighted by Crippen LogP contribution is 2.44. The monoisotopic (exact) mass is 338 g/mol. The van der Waals surface area contributed by atoms with Gasteiger partial charge in [0.15, 0.2) is 14.9 Å². The molecule has 3 rings (SSSR count). The molecule has 2 aliphatic carbocycles. The van der Waals surface area contributed by atoms with E-state index in [1.165, 1.54) is 31.9 Å². The third-order valence-electron chi connectivity index (χ3n) is 4.86. The summed E-state index contributed by atoms with van der Waals surface area (Å²) < 4.78 is 22.8. The maximum absolute atomic E-state index is 11.4. The van der Waals surface area contributed by atoms with E-state index in [-0.39, 0.29) is 0 Å². The molecule has 0 saturated heterocycles. The van der Waals surface area contributed by atoms with E-state index in [1.54, 1.807) is 12.1 Å². The fraction of sp³-hybridized carbons (Fsp3) is 0.562. The van der Waals surface area contributed by atoms with Crippen molar-refractivity contribution in [2.24, 2.45) is 11.8 Å². The fourth-order valence-corrected chi connectivity index (χ4v) is 4.53. The van der Waals surface area contributed by atoms with Gasteiger partial charge in [-0.25, -0.2) is 8.42 Å². The molecule has 6 heteroatoms. The minimum atomic E-state index is -3.13. The topological polar surface area (TPSA) is 58.2 Å². The van der Waals surface area contributed by atoms with Crippen LogP contribution in [0.15, 0.2) is 29.2 Å². The molecule has 2 aliphatic rings. The Morgan fingerprint density at radius 3 is 2.50 bits per heavy atom. The molecule has 1 aromatic rings. The van der Waals surface area contributed by atoms with Crippen LogP contribution in [0, 0.1) is 11.8 Å². The standard InChI is InChI=1S/C16H22N2O2S2/c1-22(19,20)14-6-3-11(4-7-14)10-17-16(21)18-15-9-12-2-5-13(15)8-12/h3-4,6-7,12-13,15H,2,5,8-10H2,1H3,(H2,17,18,21)/t12-,13-,15+/m0/s1. The summed E-state index contributed by atoms with van der Waals surface area (Å²) in [5, 5.41) is 7.35. The van der Waals surface area contributed by atoms with Gasteiger partial charge in [-0.15, -0.1) is 0 Å². The van der Waals surface area contributed by atoms with Crippen molar-refractivity contribution in [3.05, 3.63) is 29.8 Å². The lowest BCUT2D eigenvalue weighted by molar-refractivity contribution is 0.389. The quantitative estimate of drug-likeness (QED) is 0.825. The molecule has 4 nitrogen and oxygen atoms in total. The lowest BCUT2D eigenvalue weighted by Crippen LogP contribution is -2.43. The van der Waals surface area contributed by atoms with Crippen LogP contribution in [0.5, 0.6) is 0 Å². The normalized spacial score (nSPS) is 26.9. The van der Waals surface area contributed by atoms with Gasteiger partial charge in [-0.2, -0.15) is 0 Å². The molecule has 0 aromatic heterocycles. The zero-order valence-corrected chi connectivity index (χ0v) is 14.3. The van der Waals surface area contributed by atoms with E-state index in [0.29, 0.717) is 22.6 Å². The highest BCUT2D eigenvalue weighted by Gasteiger charge is 2.39. The Balaban J connectivity index is 1.49. The van der Waals surface area contributed by atoms with Crippen LogP contribution >= 0.6 is 12.2 Å². The zero-order chi connectivity index (χ0) is 15.7. The van der Waals surface area contributed by atoms with Crippen molar-refractivity contribution in [2.75, 3.05) is 6.26 Å². The Hall–Kier alpha value is -1.14. The molecule has 0 radical (unpaired) electrons. The minimum Gasteiger partial charge on any atom is -0.360 e. The summed E-state index contributed by atoms with van der Waals surface area (Å²) in [5.74, 6) is 1.69. The van der Waals surface area contributed by atoms with Gasteiger partial charge in [-0.1, -0.05) is 18.6 Å². The predicted molar refractivity (Wildman–Crippen MR) is 91.4 cm³/mol. The lowest BCUT2D eigenvalue weighted by atomic mass is 9.96. The molecular formula is C16H22N2O2S2.